The van der Waals surface area contributed by atoms with E-state index in [1.807, 2.05) is 4.90 Å². The predicted molar refractivity (Wildman–Crippen MR) is 98.5 cm³/mol. The van der Waals surface area contributed by atoms with Gasteiger partial charge in [0, 0.05) is 23.6 Å². The molecule has 0 saturated carbocycles. The summed E-state index contributed by atoms with van der Waals surface area (Å²) < 4.78 is 15.9. The Balaban J connectivity index is 1.94. The normalized spacial score (nSPS) is 14.1. The second kappa shape index (κ2) is 6.50. The summed E-state index contributed by atoms with van der Waals surface area (Å²) in [5, 5.41) is 10.6. The van der Waals surface area contributed by atoms with Gasteiger partial charge in [0.05, 0.1) is 16.2 Å². The summed E-state index contributed by atoms with van der Waals surface area (Å²) in [7, 11) is 0. The zero-order valence-corrected chi connectivity index (χ0v) is 14.9. The molecular formula is C20H19FN3O3+. The topological polar surface area (TPSA) is 68.4 Å². The number of nitrogens with zero attached hydrogens (tertiary/aromatic N) is 3. The maximum atomic E-state index is 14.7. The summed E-state index contributed by atoms with van der Waals surface area (Å²) in [6.07, 6.45) is 1.95. The lowest BCUT2D eigenvalue weighted by Crippen LogP contribution is -2.31. The molecule has 2 heterocycles. The highest BCUT2D eigenvalue weighted by atomic mass is 19.1. The van der Waals surface area contributed by atoms with Crippen LogP contribution in [0, 0.1) is 17.6 Å². The van der Waals surface area contributed by atoms with E-state index in [0.717, 1.165) is 36.7 Å². The van der Waals surface area contributed by atoms with Gasteiger partial charge in [-0.1, -0.05) is 30.3 Å². The number of hydrogen-bond acceptors (Lipinski definition) is 4. The molecule has 2 aromatic carbocycles. The smallest absolute Gasteiger partial charge is 0.333 e. The second-order valence-electron chi connectivity index (χ2n) is 6.72. The molecule has 0 aliphatic carbocycles. The number of aromatic nitrogens is 2. The van der Waals surface area contributed by atoms with Crippen molar-refractivity contribution in [3.63, 3.8) is 0 Å². The SMILES string of the molecule is Cc1c(C(=O)c2ccccc2)[n+](=O)c2cc(F)c(N3CCCC3)cc2n1O. The zero-order chi connectivity index (χ0) is 19.1. The predicted octanol–water partition coefficient (Wildman–Crippen LogP) is 3.07. The maximum absolute atomic E-state index is 14.7. The van der Waals surface area contributed by atoms with Crippen LogP contribution in [0.5, 0.6) is 0 Å². The van der Waals surface area contributed by atoms with Crippen LogP contribution in [0.4, 0.5) is 10.1 Å². The van der Waals surface area contributed by atoms with Gasteiger partial charge < -0.3 is 10.1 Å². The van der Waals surface area contributed by atoms with Crippen LogP contribution in [0.2, 0.25) is 0 Å². The lowest BCUT2D eigenvalue weighted by Gasteiger charge is -2.18. The first-order chi connectivity index (χ1) is 13.0. The molecular weight excluding hydrogens is 349 g/mol. The molecule has 0 unspecified atom stereocenters. The van der Waals surface area contributed by atoms with Crippen LogP contribution in [0.25, 0.3) is 11.0 Å². The lowest BCUT2D eigenvalue weighted by molar-refractivity contribution is -0.468. The molecule has 1 aliphatic heterocycles. The lowest BCUT2D eigenvalue weighted by atomic mass is 10.1. The van der Waals surface area contributed by atoms with Crippen molar-refractivity contribution in [2.45, 2.75) is 19.8 Å². The molecule has 1 fully saturated rings. The van der Waals surface area contributed by atoms with Crippen LogP contribution >= 0.6 is 0 Å². The molecule has 4 rings (SSSR count). The van der Waals surface area contributed by atoms with Gasteiger partial charge in [-0.25, -0.2) is 4.39 Å². The number of hydrogen-bond donors (Lipinski definition) is 1. The van der Waals surface area contributed by atoms with E-state index in [4.69, 9.17) is 0 Å². The molecule has 7 heteroatoms. The zero-order valence-electron chi connectivity index (χ0n) is 14.9. The van der Waals surface area contributed by atoms with E-state index in [0.29, 0.717) is 15.7 Å². The number of ketones is 1. The first-order valence-electron chi connectivity index (χ1n) is 8.84. The molecule has 6 nitrogen and oxygen atoms in total. The molecule has 27 heavy (non-hydrogen) atoms. The number of carbonyl (C=O) groups is 1. The number of benzene rings is 2. The van der Waals surface area contributed by atoms with Crippen LogP contribution in [0.1, 0.15) is 34.6 Å². The first kappa shape index (κ1) is 17.2. The van der Waals surface area contributed by atoms with Gasteiger partial charge in [-0.2, -0.15) is 4.73 Å². The fourth-order valence-corrected chi connectivity index (χ4v) is 3.60. The van der Waals surface area contributed by atoms with Crippen LogP contribution in [0.3, 0.4) is 0 Å². The third-order valence-corrected chi connectivity index (χ3v) is 5.05. The van der Waals surface area contributed by atoms with E-state index < -0.39 is 11.6 Å². The third kappa shape index (κ3) is 2.75. The maximum Gasteiger partial charge on any atom is 0.333 e. The summed E-state index contributed by atoms with van der Waals surface area (Å²) in [6, 6.07) is 10.9. The minimum atomic E-state index is -0.545. The molecule has 0 atom stereocenters. The molecule has 0 radical (unpaired) electrons. The summed E-state index contributed by atoms with van der Waals surface area (Å²) in [5.41, 5.74) is 0.608. The molecule has 1 aliphatic rings. The molecule has 1 N–H and O–H groups in total. The standard InChI is InChI=1S/C20H19FN3O3/c1-13-19(20(25)14-7-3-2-4-8-14)24(27)17-11-15(21)16(12-18(17)23(13)26)22-9-5-6-10-22/h2-4,7-8,11-12,26H,5-6,9-10H2,1H3/q+1. The van der Waals surface area contributed by atoms with Gasteiger partial charge in [0.2, 0.25) is 0 Å². The van der Waals surface area contributed by atoms with Crippen LogP contribution in [0.15, 0.2) is 42.5 Å². The Kier molecular flexibility index (Phi) is 4.14. The van der Waals surface area contributed by atoms with Crippen molar-refractivity contribution >= 4 is 22.5 Å². The van der Waals surface area contributed by atoms with Crippen molar-refractivity contribution in [1.82, 2.24) is 4.73 Å². The van der Waals surface area contributed by atoms with Gasteiger partial charge in [0.25, 0.3) is 11.3 Å². The Bertz CT molecular complexity index is 1100. The highest BCUT2D eigenvalue weighted by Gasteiger charge is 2.31. The first-order valence-corrected chi connectivity index (χ1v) is 8.84. The summed E-state index contributed by atoms with van der Waals surface area (Å²) >= 11 is 0. The van der Waals surface area contributed by atoms with Gasteiger partial charge >= 0.3 is 5.69 Å². The van der Waals surface area contributed by atoms with E-state index in [9.17, 15) is 19.3 Å². The quantitative estimate of drug-likeness (QED) is 0.438. The van der Waals surface area contributed by atoms with E-state index in [2.05, 4.69) is 0 Å². The molecule has 0 bridgehead atoms. The molecule has 0 spiro atoms. The average Bonchev–Trinajstić information content (AvgIpc) is 3.21. The number of fused-ring (bicyclic) bond motifs is 1. The minimum Gasteiger partial charge on any atom is -0.428 e. The number of halogens is 1. The highest BCUT2D eigenvalue weighted by molar-refractivity contribution is 6.07. The average molecular weight is 368 g/mol. The van der Waals surface area contributed by atoms with Crippen molar-refractivity contribution in [2.75, 3.05) is 18.0 Å². The van der Waals surface area contributed by atoms with Crippen molar-refractivity contribution in [1.29, 1.82) is 0 Å². The van der Waals surface area contributed by atoms with E-state index in [1.165, 1.54) is 13.0 Å². The Morgan fingerprint density at radius 1 is 1.15 bits per heavy atom. The Morgan fingerprint density at radius 2 is 1.81 bits per heavy atom. The third-order valence-electron chi connectivity index (χ3n) is 5.05. The summed E-state index contributed by atoms with van der Waals surface area (Å²) in [4.78, 5) is 27.6. The van der Waals surface area contributed by atoms with Gasteiger partial charge in [0.1, 0.15) is 5.69 Å². The number of anilines is 1. The van der Waals surface area contributed by atoms with E-state index in [-0.39, 0.29) is 22.4 Å². The van der Waals surface area contributed by atoms with Crippen molar-refractivity contribution < 1.29 is 18.8 Å². The van der Waals surface area contributed by atoms with Crippen molar-refractivity contribution in [3.05, 3.63) is 70.1 Å². The number of carbonyl (C=O) groups excluding carboxylic acids is 1. The Hall–Kier alpha value is -3.22. The number of rotatable bonds is 3. The summed E-state index contributed by atoms with van der Waals surface area (Å²) in [5.74, 6) is -1.08. The molecule has 138 valence electrons. The Morgan fingerprint density at radius 3 is 2.48 bits per heavy atom. The highest BCUT2D eigenvalue weighted by Crippen LogP contribution is 2.28. The Labute approximate surface area is 154 Å². The van der Waals surface area contributed by atoms with Gasteiger partial charge in [0.15, 0.2) is 11.3 Å². The largest absolute Gasteiger partial charge is 0.428 e. The molecule has 0 amide bonds. The van der Waals surface area contributed by atoms with E-state index >= 15 is 0 Å². The van der Waals surface area contributed by atoms with Crippen LogP contribution < -0.4 is 9.33 Å². The van der Waals surface area contributed by atoms with Crippen molar-refractivity contribution in [3.8, 4) is 0 Å². The van der Waals surface area contributed by atoms with E-state index in [1.54, 1.807) is 30.3 Å². The monoisotopic (exact) mass is 368 g/mol. The van der Waals surface area contributed by atoms with Crippen LogP contribution in [-0.2, 0) is 0 Å². The van der Waals surface area contributed by atoms with Crippen LogP contribution in [-0.4, -0.2) is 28.8 Å². The molecule has 3 aromatic rings. The fourth-order valence-electron chi connectivity index (χ4n) is 3.60. The fraction of sp³-hybridized carbons (Fsp3) is 0.250. The van der Waals surface area contributed by atoms with Gasteiger partial charge in [-0.05, 0) is 25.8 Å². The van der Waals surface area contributed by atoms with Crippen molar-refractivity contribution in [2.24, 2.45) is 0 Å². The van der Waals surface area contributed by atoms with Gasteiger partial charge in [-0.15, -0.1) is 0 Å². The second-order valence-corrected chi connectivity index (χ2v) is 6.72. The minimum absolute atomic E-state index is 0.0946. The summed E-state index contributed by atoms with van der Waals surface area (Å²) in [6.45, 7) is 2.95. The molecule has 1 aromatic heterocycles. The van der Waals surface area contributed by atoms with Gasteiger partial charge in [-0.3, -0.25) is 4.79 Å². The molecule has 1 saturated heterocycles.